The number of hydrogen-bond donors (Lipinski definition) is 2. The van der Waals surface area contributed by atoms with Gasteiger partial charge in [-0.1, -0.05) is 30.3 Å². The van der Waals surface area contributed by atoms with E-state index in [2.05, 4.69) is 21.7 Å². The molecule has 0 unspecified atom stereocenters. The largest absolute Gasteiger partial charge is 0.423 e. The van der Waals surface area contributed by atoms with Crippen molar-refractivity contribution in [2.24, 2.45) is 0 Å². The molecular formula is C21H15N3O2. The Morgan fingerprint density at radius 3 is 2.65 bits per heavy atom. The molecule has 0 saturated carbocycles. The fourth-order valence-corrected chi connectivity index (χ4v) is 3.21. The van der Waals surface area contributed by atoms with Crippen LogP contribution in [0, 0.1) is 0 Å². The summed E-state index contributed by atoms with van der Waals surface area (Å²) in [6.07, 6.45) is 0.431. The summed E-state index contributed by atoms with van der Waals surface area (Å²) < 4.78 is 5.77. The van der Waals surface area contributed by atoms with Gasteiger partial charge in [-0.25, -0.2) is 0 Å². The highest BCUT2D eigenvalue weighted by molar-refractivity contribution is 5.99. The molecule has 1 aromatic heterocycles. The van der Waals surface area contributed by atoms with Gasteiger partial charge in [0.1, 0.15) is 5.52 Å². The van der Waals surface area contributed by atoms with Crippen LogP contribution in [0.1, 0.15) is 5.56 Å². The van der Waals surface area contributed by atoms with Gasteiger partial charge >= 0.3 is 0 Å². The van der Waals surface area contributed by atoms with Crippen molar-refractivity contribution in [3.05, 3.63) is 72.3 Å². The Morgan fingerprint density at radius 2 is 1.77 bits per heavy atom. The minimum absolute atomic E-state index is 0.0423. The summed E-state index contributed by atoms with van der Waals surface area (Å²) in [5.74, 6) is 0.0423. The van der Waals surface area contributed by atoms with Crippen molar-refractivity contribution in [3.8, 4) is 11.1 Å². The van der Waals surface area contributed by atoms with Gasteiger partial charge in [0.25, 0.3) is 6.01 Å². The number of rotatable bonds is 3. The van der Waals surface area contributed by atoms with E-state index in [1.54, 1.807) is 0 Å². The molecule has 1 aliphatic rings. The number of carbonyl (C=O) groups excluding carboxylic acids is 1. The molecule has 1 aliphatic heterocycles. The van der Waals surface area contributed by atoms with Gasteiger partial charge in [-0.3, -0.25) is 4.79 Å². The van der Waals surface area contributed by atoms with Gasteiger partial charge in [0, 0.05) is 11.4 Å². The van der Waals surface area contributed by atoms with Gasteiger partial charge in [0.05, 0.1) is 6.42 Å². The SMILES string of the molecule is O=C1Cc2cc(-c3ccc4oc(Nc5ccccc5)nc4c3)ccc2N1. The Bertz CT molecular complexity index is 1130. The fourth-order valence-electron chi connectivity index (χ4n) is 3.21. The van der Waals surface area contributed by atoms with Crippen LogP contribution < -0.4 is 10.6 Å². The van der Waals surface area contributed by atoms with Crippen molar-refractivity contribution >= 4 is 34.4 Å². The zero-order valence-corrected chi connectivity index (χ0v) is 13.8. The van der Waals surface area contributed by atoms with Gasteiger partial charge in [0.15, 0.2) is 5.58 Å². The van der Waals surface area contributed by atoms with Crippen LogP contribution in [-0.2, 0) is 11.2 Å². The van der Waals surface area contributed by atoms with E-state index < -0.39 is 0 Å². The number of amides is 1. The quantitative estimate of drug-likeness (QED) is 0.565. The summed E-state index contributed by atoms with van der Waals surface area (Å²) in [6, 6.07) is 22.2. The number of anilines is 3. The molecule has 2 N–H and O–H groups in total. The van der Waals surface area contributed by atoms with Crippen LogP contribution in [0.3, 0.4) is 0 Å². The average molecular weight is 341 g/mol. The topological polar surface area (TPSA) is 67.2 Å². The summed E-state index contributed by atoms with van der Waals surface area (Å²) in [5, 5.41) is 6.03. The Kier molecular flexibility index (Phi) is 3.25. The fraction of sp³-hybridized carbons (Fsp3) is 0.0476. The van der Waals surface area contributed by atoms with Crippen LogP contribution in [-0.4, -0.2) is 10.9 Å². The molecule has 0 atom stereocenters. The van der Waals surface area contributed by atoms with Crippen LogP contribution in [0.15, 0.2) is 71.1 Å². The molecule has 5 rings (SSSR count). The first-order chi connectivity index (χ1) is 12.7. The number of fused-ring (bicyclic) bond motifs is 2. The first-order valence-electron chi connectivity index (χ1n) is 8.40. The normalized spacial score (nSPS) is 12.8. The number of nitrogens with zero attached hydrogens (tertiary/aromatic N) is 1. The highest BCUT2D eigenvalue weighted by Gasteiger charge is 2.18. The second-order valence-electron chi connectivity index (χ2n) is 6.29. The lowest BCUT2D eigenvalue weighted by atomic mass is 10.0. The minimum Gasteiger partial charge on any atom is -0.423 e. The van der Waals surface area contributed by atoms with Crippen molar-refractivity contribution in [2.75, 3.05) is 10.6 Å². The van der Waals surface area contributed by atoms with Gasteiger partial charge in [-0.2, -0.15) is 4.98 Å². The number of carbonyl (C=O) groups is 1. The number of nitrogens with one attached hydrogen (secondary N) is 2. The van der Waals surface area contributed by atoms with Crippen molar-refractivity contribution < 1.29 is 9.21 Å². The van der Waals surface area contributed by atoms with Crippen LogP contribution in [0.25, 0.3) is 22.2 Å². The first-order valence-corrected chi connectivity index (χ1v) is 8.40. The Morgan fingerprint density at radius 1 is 0.962 bits per heavy atom. The lowest BCUT2D eigenvalue weighted by molar-refractivity contribution is -0.115. The highest BCUT2D eigenvalue weighted by Crippen LogP contribution is 2.31. The van der Waals surface area contributed by atoms with E-state index in [0.29, 0.717) is 12.4 Å². The number of aromatic nitrogens is 1. The Hall–Kier alpha value is -3.60. The van der Waals surface area contributed by atoms with E-state index in [0.717, 1.165) is 39.2 Å². The molecule has 26 heavy (non-hydrogen) atoms. The summed E-state index contributed by atoms with van der Waals surface area (Å²) >= 11 is 0. The number of para-hydroxylation sites is 1. The van der Waals surface area contributed by atoms with Crippen molar-refractivity contribution in [3.63, 3.8) is 0 Å². The maximum absolute atomic E-state index is 11.5. The molecule has 5 nitrogen and oxygen atoms in total. The van der Waals surface area contributed by atoms with E-state index >= 15 is 0 Å². The third-order valence-corrected chi connectivity index (χ3v) is 4.48. The molecule has 0 saturated heterocycles. The molecule has 4 aromatic rings. The third kappa shape index (κ3) is 2.59. The predicted molar refractivity (Wildman–Crippen MR) is 102 cm³/mol. The molecule has 3 aromatic carbocycles. The van der Waals surface area contributed by atoms with Crippen LogP contribution in [0.5, 0.6) is 0 Å². The minimum atomic E-state index is 0.0423. The van der Waals surface area contributed by atoms with E-state index in [-0.39, 0.29) is 5.91 Å². The van der Waals surface area contributed by atoms with E-state index in [4.69, 9.17) is 4.42 Å². The van der Waals surface area contributed by atoms with Gasteiger partial charge in [-0.15, -0.1) is 0 Å². The van der Waals surface area contributed by atoms with Gasteiger partial charge in [0.2, 0.25) is 5.91 Å². The maximum Gasteiger partial charge on any atom is 0.300 e. The lowest BCUT2D eigenvalue weighted by Crippen LogP contribution is -2.03. The second kappa shape index (κ2) is 5.74. The number of oxazole rings is 1. The summed E-state index contributed by atoms with van der Waals surface area (Å²) in [4.78, 5) is 16.1. The van der Waals surface area contributed by atoms with E-state index in [9.17, 15) is 4.79 Å². The highest BCUT2D eigenvalue weighted by atomic mass is 16.4. The van der Waals surface area contributed by atoms with Crippen molar-refractivity contribution in [1.29, 1.82) is 0 Å². The summed E-state index contributed by atoms with van der Waals surface area (Å²) in [6.45, 7) is 0. The average Bonchev–Trinajstić information content (AvgIpc) is 3.22. The van der Waals surface area contributed by atoms with Crippen LogP contribution in [0.4, 0.5) is 17.4 Å². The molecule has 2 heterocycles. The van der Waals surface area contributed by atoms with E-state index in [1.807, 2.05) is 60.7 Å². The lowest BCUT2D eigenvalue weighted by Gasteiger charge is -2.04. The maximum atomic E-state index is 11.5. The molecular weight excluding hydrogens is 326 g/mol. The molecule has 126 valence electrons. The zero-order chi connectivity index (χ0) is 17.5. The van der Waals surface area contributed by atoms with Crippen molar-refractivity contribution in [2.45, 2.75) is 6.42 Å². The van der Waals surface area contributed by atoms with Crippen molar-refractivity contribution in [1.82, 2.24) is 4.98 Å². The van der Waals surface area contributed by atoms with Gasteiger partial charge in [-0.05, 0) is 53.1 Å². The van der Waals surface area contributed by atoms with Gasteiger partial charge < -0.3 is 15.1 Å². The first kappa shape index (κ1) is 14.7. The summed E-state index contributed by atoms with van der Waals surface area (Å²) in [7, 11) is 0. The third-order valence-electron chi connectivity index (χ3n) is 4.48. The monoisotopic (exact) mass is 341 g/mol. The molecule has 0 fully saturated rings. The molecule has 0 aliphatic carbocycles. The summed E-state index contributed by atoms with van der Waals surface area (Å²) in [5.41, 5.74) is 6.47. The van der Waals surface area contributed by atoms with Crippen LogP contribution in [0.2, 0.25) is 0 Å². The molecule has 5 heteroatoms. The second-order valence-corrected chi connectivity index (χ2v) is 6.29. The molecule has 0 spiro atoms. The Balaban J connectivity index is 1.48. The molecule has 0 radical (unpaired) electrons. The number of benzene rings is 3. The number of hydrogen-bond acceptors (Lipinski definition) is 4. The smallest absolute Gasteiger partial charge is 0.300 e. The zero-order valence-electron chi connectivity index (χ0n) is 13.8. The molecule has 0 bridgehead atoms. The van der Waals surface area contributed by atoms with E-state index in [1.165, 1.54) is 0 Å². The predicted octanol–water partition coefficient (Wildman–Crippen LogP) is 4.73. The molecule has 1 amide bonds. The Labute approximate surface area is 149 Å². The van der Waals surface area contributed by atoms with Crippen LogP contribution >= 0.6 is 0 Å². The standard InChI is InChI=1S/C21H15N3O2/c25-20-12-15-10-13(6-8-17(15)23-20)14-7-9-19-18(11-14)24-21(26-19)22-16-4-2-1-3-5-16/h1-11H,12H2,(H,22,24)(H,23,25).